The summed E-state index contributed by atoms with van der Waals surface area (Å²) in [6.07, 6.45) is 7.64. The van der Waals surface area contributed by atoms with E-state index in [1.165, 1.54) is 24.8 Å². The smallest absolute Gasteiger partial charge is 0.0312 e. The Bertz CT molecular complexity index is 310. The molecule has 0 aliphatic heterocycles. The van der Waals surface area contributed by atoms with E-state index in [0.717, 1.165) is 12.6 Å². The maximum Gasteiger partial charge on any atom is 0.0312 e. The average Bonchev–Trinajstić information content (AvgIpc) is 2.76. The van der Waals surface area contributed by atoms with Crippen LogP contribution in [0.3, 0.4) is 0 Å². The van der Waals surface area contributed by atoms with Gasteiger partial charge in [-0.05, 0) is 45.0 Å². The third kappa shape index (κ3) is 3.03. The molecule has 16 heavy (non-hydrogen) atoms. The molecule has 1 aromatic heterocycles. The molecule has 1 aliphatic rings. The number of aromatic nitrogens is 1. The van der Waals surface area contributed by atoms with Gasteiger partial charge in [0.05, 0.1) is 0 Å². The van der Waals surface area contributed by atoms with Crippen molar-refractivity contribution < 1.29 is 0 Å². The molecule has 0 spiro atoms. The maximum atomic E-state index is 4.12. The molecule has 1 aromatic rings. The molecule has 1 heterocycles. The van der Waals surface area contributed by atoms with Gasteiger partial charge in [0.1, 0.15) is 0 Å². The Balaban J connectivity index is 1.76. The summed E-state index contributed by atoms with van der Waals surface area (Å²) in [5, 5.41) is 3.62. The van der Waals surface area contributed by atoms with Crippen molar-refractivity contribution in [2.24, 2.45) is 0 Å². The van der Waals surface area contributed by atoms with Crippen LogP contribution in [0.15, 0.2) is 24.5 Å². The second kappa shape index (κ2) is 5.41. The van der Waals surface area contributed by atoms with Gasteiger partial charge in [-0.2, -0.15) is 0 Å². The third-order valence-electron chi connectivity index (χ3n) is 3.45. The molecule has 0 amide bonds. The van der Waals surface area contributed by atoms with Crippen molar-refractivity contribution in [1.82, 2.24) is 15.2 Å². The number of rotatable bonds is 4. The lowest BCUT2D eigenvalue weighted by Gasteiger charge is -2.19. The molecule has 0 bridgehead atoms. The van der Waals surface area contributed by atoms with Crippen LogP contribution in [-0.4, -0.2) is 36.1 Å². The third-order valence-corrected chi connectivity index (χ3v) is 3.45. The lowest BCUT2D eigenvalue weighted by atomic mass is 10.2. The molecule has 1 aliphatic carbocycles. The predicted molar refractivity (Wildman–Crippen MR) is 66.2 cm³/mol. The summed E-state index contributed by atoms with van der Waals surface area (Å²) in [6.45, 7) is 0.943. The standard InChI is InChI=1S/C13H21N3/c1-16(2)13-6-5-12(8-13)15-10-11-4-3-7-14-9-11/h3-4,7,9,12-13,15H,5-6,8,10H2,1-2H3. The van der Waals surface area contributed by atoms with Crippen molar-refractivity contribution in [3.05, 3.63) is 30.1 Å². The second-order valence-corrected chi connectivity index (χ2v) is 4.87. The number of hydrogen-bond acceptors (Lipinski definition) is 3. The highest BCUT2D eigenvalue weighted by molar-refractivity contribution is 5.08. The van der Waals surface area contributed by atoms with Gasteiger partial charge in [0.15, 0.2) is 0 Å². The van der Waals surface area contributed by atoms with Crippen molar-refractivity contribution >= 4 is 0 Å². The van der Waals surface area contributed by atoms with Gasteiger partial charge >= 0.3 is 0 Å². The maximum absolute atomic E-state index is 4.12. The van der Waals surface area contributed by atoms with Crippen LogP contribution in [-0.2, 0) is 6.54 Å². The van der Waals surface area contributed by atoms with E-state index in [0.29, 0.717) is 6.04 Å². The van der Waals surface area contributed by atoms with Gasteiger partial charge in [-0.15, -0.1) is 0 Å². The zero-order valence-electron chi connectivity index (χ0n) is 10.2. The fourth-order valence-electron chi connectivity index (χ4n) is 2.38. The average molecular weight is 219 g/mol. The normalized spacial score (nSPS) is 25.2. The van der Waals surface area contributed by atoms with Crippen LogP contribution in [0.5, 0.6) is 0 Å². The quantitative estimate of drug-likeness (QED) is 0.834. The van der Waals surface area contributed by atoms with Gasteiger partial charge in [0.25, 0.3) is 0 Å². The molecular weight excluding hydrogens is 198 g/mol. The zero-order valence-corrected chi connectivity index (χ0v) is 10.2. The summed E-state index contributed by atoms with van der Waals surface area (Å²) in [5.41, 5.74) is 1.27. The van der Waals surface area contributed by atoms with Crippen molar-refractivity contribution in [1.29, 1.82) is 0 Å². The molecule has 3 heteroatoms. The Morgan fingerprint density at radius 3 is 2.94 bits per heavy atom. The van der Waals surface area contributed by atoms with E-state index < -0.39 is 0 Å². The number of nitrogens with zero attached hydrogens (tertiary/aromatic N) is 2. The van der Waals surface area contributed by atoms with Crippen LogP contribution < -0.4 is 5.32 Å². The minimum atomic E-state index is 0.674. The molecule has 2 atom stereocenters. The SMILES string of the molecule is CN(C)C1CCC(NCc2cccnc2)C1. The van der Waals surface area contributed by atoms with Crippen LogP contribution in [0, 0.1) is 0 Å². The molecule has 1 N–H and O–H groups in total. The van der Waals surface area contributed by atoms with Crippen molar-refractivity contribution in [2.45, 2.75) is 37.9 Å². The predicted octanol–water partition coefficient (Wildman–Crippen LogP) is 1.65. The molecule has 0 saturated heterocycles. The van der Waals surface area contributed by atoms with E-state index in [9.17, 15) is 0 Å². The lowest BCUT2D eigenvalue weighted by molar-refractivity contribution is 0.293. The van der Waals surface area contributed by atoms with Gasteiger partial charge < -0.3 is 10.2 Å². The van der Waals surface area contributed by atoms with E-state index >= 15 is 0 Å². The summed E-state index contributed by atoms with van der Waals surface area (Å²) in [5.74, 6) is 0. The summed E-state index contributed by atoms with van der Waals surface area (Å²) in [7, 11) is 4.35. The van der Waals surface area contributed by atoms with E-state index in [2.05, 4.69) is 35.4 Å². The van der Waals surface area contributed by atoms with Crippen LogP contribution in [0.1, 0.15) is 24.8 Å². The monoisotopic (exact) mass is 219 g/mol. The topological polar surface area (TPSA) is 28.2 Å². The van der Waals surface area contributed by atoms with Gasteiger partial charge in [-0.3, -0.25) is 4.98 Å². The van der Waals surface area contributed by atoms with Gasteiger partial charge in [-0.1, -0.05) is 6.07 Å². The first-order chi connectivity index (χ1) is 7.75. The van der Waals surface area contributed by atoms with Crippen LogP contribution in [0.2, 0.25) is 0 Å². The fraction of sp³-hybridized carbons (Fsp3) is 0.615. The Hall–Kier alpha value is -0.930. The van der Waals surface area contributed by atoms with Crippen molar-refractivity contribution in [2.75, 3.05) is 14.1 Å². The molecule has 2 rings (SSSR count). The first-order valence-corrected chi connectivity index (χ1v) is 6.04. The van der Waals surface area contributed by atoms with Crippen molar-refractivity contribution in [3.8, 4) is 0 Å². The first-order valence-electron chi connectivity index (χ1n) is 6.04. The van der Waals surface area contributed by atoms with E-state index in [-0.39, 0.29) is 0 Å². The molecule has 0 aromatic carbocycles. The summed E-state index contributed by atoms with van der Waals surface area (Å²) < 4.78 is 0. The molecule has 0 radical (unpaired) electrons. The summed E-state index contributed by atoms with van der Waals surface area (Å²) in [4.78, 5) is 6.46. The minimum Gasteiger partial charge on any atom is -0.310 e. The van der Waals surface area contributed by atoms with Gasteiger partial charge in [0.2, 0.25) is 0 Å². The summed E-state index contributed by atoms with van der Waals surface area (Å²) >= 11 is 0. The molecule has 3 nitrogen and oxygen atoms in total. The van der Waals surface area contributed by atoms with Crippen LogP contribution >= 0.6 is 0 Å². The zero-order chi connectivity index (χ0) is 11.4. The van der Waals surface area contributed by atoms with E-state index in [4.69, 9.17) is 0 Å². The molecule has 2 unspecified atom stereocenters. The Morgan fingerprint density at radius 2 is 2.31 bits per heavy atom. The lowest BCUT2D eigenvalue weighted by Crippen LogP contribution is -2.30. The van der Waals surface area contributed by atoms with Gasteiger partial charge in [0, 0.05) is 31.0 Å². The first kappa shape index (κ1) is 11.6. The highest BCUT2D eigenvalue weighted by Gasteiger charge is 2.25. The number of hydrogen-bond donors (Lipinski definition) is 1. The summed E-state index contributed by atoms with van der Waals surface area (Å²) in [6, 6.07) is 5.55. The van der Waals surface area contributed by atoms with Crippen molar-refractivity contribution in [3.63, 3.8) is 0 Å². The molecule has 1 fully saturated rings. The largest absolute Gasteiger partial charge is 0.310 e. The molecule has 1 saturated carbocycles. The highest BCUT2D eigenvalue weighted by atomic mass is 15.1. The number of pyridine rings is 1. The van der Waals surface area contributed by atoms with E-state index in [1.807, 2.05) is 18.5 Å². The Kier molecular flexibility index (Phi) is 3.91. The Labute approximate surface area is 97.9 Å². The fourth-order valence-corrected chi connectivity index (χ4v) is 2.38. The second-order valence-electron chi connectivity index (χ2n) is 4.87. The Morgan fingerprint density at radius 1 is 1.44 bits per heavy atom. The van der Waals surface area contributed by atoms with E-state index in [1.54, 1.807) is 0 Å². The van der Waals surface area contributed by atoms with Crippen LogP contribution in [0.25, 0.3) is 0 Å². The molecule has 88 valence electrons. The highest BCUT2D eigenvalue weighted by Crippen LogP contribution is 2.22. The number of nitrogens with one attached hydrogen (secondary N) is 1. The molecular formula is C13H21N3. The minimum absolute atomic E-state index is 0.674. The van der Waals surface area contributed by atoms with Gasteiger partial charge in [-0.25, -0.2) is 0 Å². The van der Waals surface area contributed by atoms with Crippen LogP contribution in [0.4, 0.5) is 0 Å².